The zero-order valence-electron chi connectivity index (χ0n) is 15.0. The summed E-state index contributed by atoms with van der Waals surface area (Å²) in [5.41, 5.74) is 5.70. The van der Waals surface area contributed by atoms with Crippen molar-refractivity contribution in [3.05, 3.63) is 57.8 Å². The van der Waals surface area contributed by atoms with Crippen molar-refractivity contribution in [1.82, 2.24) is 20.3 Å². The quantitative estimate of drug-likeness (QED) is 0.464. The molecule has 3 aromatic rings. The van der Waals surface area contributed by atoms with E-state index in [0.717, 1.165) is 12.3 Å². The first kappa shape index (κ1) is 21.0. The maximum atomic E-state index is 12.7. The summed E-state index contributed by atoms with van der Waals surface area (Å²) >= 11 is 1.28. The molecule has 5 N–H and O–H groups in total. The fraction of sp³-hybridized carbons (Fsp3) is 0.278. The van der Waals surface area contributed by atoms with Crippen LogP contribution in [0.15, 0.2) is 36.7 Å². The van der Waals surface area contributed by atoms with Gasteiger partial charge in [-0.25, -0.2) is 4.98 Å². The highest BCUT2D eigenvalue weighted by atomic mass is 32.1. The van der Waals surface area contributed by atoms with Gasteiger partial charge in [-0.3, -0.25) is 9.78 Å². The van der Waals surface area contributed by atoms with Crippen LogP contribution in [0, 0.1) is 0 Å². The normalized spacial score (nSPS) is 12.7. The Morgan fingerprint density at radius 3 is 2.62 bits per heavy atom. The fourth-order valence-electron chi connectivity index (χ4n) is 2.61. The Morgan fingerprint density at radius 1 is 1.24 bits per heavy atom. The average molecular weight is 425 g/mol. The highest BCUT2D eigenvalue weighted by Gasteiger charge is 2.30. The van der Waals surface area contributed by atoms with Crippen molar-refractivity contribution in [3.63, 3.8) is 0 Å². The predicted molar refractivity (Wildman–Crippen MR) is 101 cm³/mol. The molecule has 11 heteroatoms. The molecule has 3 rings (SSSR count). The molecule has 0 saturated heterocycles. The molecule has 154 valence electrons. The molecule has 0 spiro atoms. The van der Waals surface area contributed by atoms with Crippen LogP contribution in [0.2, 0.25) is 0 Å². The third-order valence-electron chi connectivity index (χ3n) is 4.08. The van der Waals surface area contributed by atoms with E-state index in [4.69, 9.17) is 5.73 Å². The maximum absolute atomic E-state index is 12.7. The first-order valence-electron chi connectivity index (χ1n) is 8.61. The summed E-state index contributed by atoms with van der Waals surface area (Å²) in [5.74, 6) is -0.414. The lowest BCUT2D eigenvalue weighted by molar-refractivity contribution is -0.137. The Bertz CT molecular complexity index is 969. The Kier molecular flexibility index (Phi) is 6.30. The molecule has 29 heavy (non-hydrogen) atoms. The molecular formula is C18H18F3N5O2S. The monoisotopic (exact) mass is 425 g/mol. The van der Waals surface area contributed by atoms with E-state index in [9.17, 15) is 23.1 Å². The van der Waals surface area contributed by atoms with Crippen LogP contribution in [0.5, 0.6) is 0 Å². The number of pyridine rings is 1. The molecule has 0 aliphatic heterocycles. The first-order valence-corrected chi connectivity index (χ1v) is 9.42. The molecule has 0 saturated carbocycles. The highest BCUT2D eigenvalue weighted by Crippen LogP contribution is 2.29. The van der Waals surface area contributed by atoms with Crippen molar-refractivity contribution < 1.29 is 23.1 Å². The summed E-state index contributed by atoms with van der Waals surface area (Å²) in [4.78, 5) is 24.1. The van der Waals surface area contributed by atoms with Gasteiger partial charge in [0.05, 0.1) is 34.5 Å². The number of aromatic nitrogens is 3. The zero-order valence-corrected chi connectivity index (χ0v) is 15.8. The SMILES string of the molecule is NCCC(NC(=O)c1ccc(-c2ccc(C(F)(F)F)cn2)[nH]1)c1ncc(CO)s1. The van der Waals surface area contributed by atoms with E-state index in [1.54, 1.807) is 12.3 Å². The minimum Gasteiger partial charge on any atom is -0.391 e. The second-order valence-electron chi connectivity index (χ2n) is 6.14. The molecule has 0 aliphatic carbocycles. The van der Waals surface area contributed by atoms with Crippen LogP contribution in [0.3, 0.4) is 0 Å². The second-order valence-corrected chi connectivity index (χ2v) is 7.29. The average Bonchev–Trinajstić information content (AvgIpc) is 3.37. The van der Waals surface area contributed by atoms with Crippen molar-refractivity contribution in [2.24, 2.45) is 5.73 Å². The number of nitrogens with two attached hydrogens (primary N) is 1. The molecule has 0 fully saturated rings. The van der Waals surface area contributed by atoms with Crippen LogP contribution in [-0.4, -0.2) is 32.5 Å². The van der Waals surface area contributed by atoms with Gasteiger partial charge in [0, 0.05) is 12.4 Å². The summed E-state index contributed by atoms with van der Waals surface area (Å²) in [6.45, 7) is 0.186. The molecule has 1 atom stereocenters. The molecule has 0 aromatic carbocycles. The number of carbonyl (C=O) groups is 1. The molecule has 0 radical (unpaired) electrons. The Balaban J connectivity index is 1.74. The van der Waals surface area contributed by atoms with Gasteiger partial charge in [0.2, 0.25) is 0 Å². The van der Waals surface area contributed by atoms with Crippen LogP contribution in [0.25, 0.3) is 11.4 Å². The van der Waals surface area contributed by atoms with Crippen molar-refractivity contribution >= 4 is 17.2 Å². The number of alkyl halides is 3. The third kappa shape index (κ3) is 5.00. The number of nitrogens with zero attached hydrogens (tertiary/aromatic N) is 2. The van der Waals surface area contributed by atoms with Crippen LogP contribution < -0.4 is 11.1 Å². The number of amides is 1. The lowest BCUT2D eigenvalue weighted by atomic mass is 10.2. The zero-order chi connectivity index (χ0) is 21.0. The maximum Gasteiger partial charge on any atom is 0.417 e. The standard InChI is InChI=1S/C18H18F3N5O2S/c19-18(20,21)10-1-2-12(23-7-10)13-3-4-14(25-13)16(28)26-15(5-6-22)17-24-8-11(9-27)29-17/h1-4,7-8,15,25,27H,5-6,9,22H2,(H,26,28). The van der Waals surface area contributed by atoms with E-state index in [1.165, 1.54) is 23.5 Å². The molecule has 1 amide bonds. The van der Waals surface area contributed by atoms with Crippen LogP contribution in [-0.2, 0) is 12.8 Å². The topological polar surface area (TPSA) is 117 Å². The van der Waals surface area contributed by atoms with E-state index < -0.39 is 23.7 Å². The van der Waals surface area contributed by atoms with Gasteiger partial charge in [0.1, 0.15) is 10.7 Å². The van der Waals surface area contributed by atoms with Crippen LogP contribution >= 0.6 is 11.3 Å². The number of hydrogen-bond donors (Lipinski definition) is 4. The number of aliphatic hydroxyl groups excluding tert-OH is 1. The molecule has 0 bridgehead atoms. The summed E-state index contributed by atoms with van der Waals surface area (Å²) in [6, 6.07) is 4.83. The minimum absolute atomic E-state index is 0.138. The summed E-state index contributed by atoms with van der Waals surface area (Å²) in [6.07, 6.45) is -1.72. The van der Waals surface area contributed by atoms with Gasteiger partial charge in [-0.2, -0.15) is 13.2 Å². The molecule has 1 unspecified atom stereocenters. The summed E-state index contributed by atoms with van der Waals surface area (Å²) < 4.78 is 38.0. The number of hydrogen-bond acceptors (Lipinski definition) is 6. The van der Waals surface area contributed by atoms with E-state index in [-0.39, 0.29) is 18.0 Å². The van der Waals surface area contributed by atoms with Crippen LogP contribution in [0.4, 0.5) is 13.2 Å². The number of rotatable bonds is 7. The van der Waals surface area contributed by atoms with Gasteiger partial charge >= 0.3 is 6.18 Å². The number of carbonyl (C=O) groups excluding carboxylic acids is 1. The summed E-state index contributed by atoms with van der Waals surface area (Å²) in [5, 5.41) is 12.6. The van der Waals surface area contributed by atoms with E-state index in [1.807, 2.05) is 0 Å². The Hall–Kier alpha value is -2.76. The van der Waals surface area contributed by atoms with Crippen molar-refractivity contribution in [2.75, 3.05) is 6.54 Å². The lowest BCUT2D eigenvalue weighted by Crippen LogP contribution is -2.30. The number of H-pyrrole nitrogens is 1. The van der Waals surface area contributed by atoms with Gasteiger partial charge < -0.3 is 21.1 Å². The fourth-order valence-corrected chi connectivity index (χ4v) is 3.48. The molecule has 0 aliphatic rings. The predicted octanol–water partition coefficient (Wildman–Crippen LogP) is 2.86. The molecule has 3 heterocycles. The molecular weight excluding hydrogens is 407 g/mol. The number of aromatic amines is 1. The highest BCUT2D eigenvalue weighted by molar-refractivity contribution is 7.11. The molecule has 7 nitrogen and oxygen atoms in total. The number of thiazole rings is 1. The Labute approximate surface area is 167 Å². The van der Waals surface area contributed by atoms with E-state index in [2.05, 4.69) is 20.3 Å². The minimum atomic E-state index is -4.46. The second kappa shape index (κ2) is 8.72. The number of halogens is 3. The van der Waals surface area contributed by atoms with Gasteiger partial charge in [0.25, 0.3) is 5.91 Å². The Morgan fingerprint density at radius 2 is 2.03 bits per heavy atom. The van der Waals surface area contributed by atoms with Crippen molar-refractivity contribution in [3.8, 4) is 11.4 Å². The number of nitrogens with one attached hydrogen (secondary N) is 2. The van der Waals surface area contributed by atoms with E-state index in [0.29, 0.717) is 28.5 Å². The van der Waals surface area contributed by atoms with Gasteiger partial charge in [-0.1, -0.05) is 0 Å². The van der Waals surface area contributed by atoms with Crippen molar-refractivity contribution in [1.29, 1.82) is 0 Å². The smallest absolute Gasteiger partial charge is 0.391 e. The van der Waals surface area contributed by atoms with Gasteiger partial charge in [0.15, 0.2) is 0 Å². The summed E-state index contributed by atoms with van der Waals surface area (Å²) in [7, 11) is 0. The third-order valence-corrected chi connectivity index (χ3v) is 5.18. The lowest BCUT2D eigenvalue weighted by Gasteiger charge is -2.15. The van der Waals surface area contributed by atoms with Gasteiger partial charge in [-0.15, -0.1) is 11.3 Å². The number of aliphatic hydroxyl groups is 1. The molecule has 3 aromatic heterocycles. The first-order chi connectivity index (χ1) is 13.8. The van der Waals surface area contributed by atoms with E-state index >= 15 is 0 Å². The largest absolute Gasteiger partial charge is 0.417 e. The van der Waals surface area contributed by atoms with Crippen LogP contribution in [0.1, 0.15) is 38.4 Å². The van der Waals surface area contributed by atoms with Crippen molar-refractivity contribution in [2.45, 2.75) is 25.2 Å². The van der Waals surface area contributed by atoms with Gasteiger partial charge in [-0.05, 0) is 37.2 Å².